The second kappa shape index (κ2) is 22.6. The van der Waals surface area contributed by atoms with E-state index in [1.54, 1.807) is 60.7 Å². The Bertz CT molecular complexity index is 2740. The first-order valence-corrected chi connectivity index (χ1v) is 17.9. The summed E-state index contributed by atoms with van der Waals surface area (Å²) in [7, 11) is -4.86. The molecule has 0 amide bonds. The Labute approximate surface area is 390 Å². The zero-order chi connectivity index (χ0) is 40.6. The monoisotopic (exact) mass is 892 g/mol. The minimum Gasteiger partial charge on any atom is -0.872 e. The van der Waals surface area contributed by atoms with Gasteiger partial charge in [0.25, 0.3) is 5.56 Å². The topological polar surface area (TPSA) is 258 Å². The molecule has 1 heterocycles. The van der Waals surface area contributed by atoms with Crippen molar-refractivity contribution in [3.8, 4) is 11.4 Å². The molecule has 0 saturated heterocycles. The van der Waals surface area contributed by atoms with Gasteiger partial charge in [0.2, 0.25) is 0 Å². The SMILES string of the molecule is Cc1[n-]n(-c2ccccc2)c(=O)c1N=Nc1ccc(S(=O)(=O)[O-])cc1C(=O)[O-].O=C([O-])c1ccccc1N=Cc1cc(N=Nc2cc(Cl)ccc2Cl)ccc1[O-].[Cr+3].[Li+].[Na+]. The van der Waals surface area contributed by atoms with Gasteiger partial charge in [-0.05, 0) is 72.3 Å². The molecule has 0 unspecified atom stereocenters. The second-order valence-corrected chi connectivity index (χ2v) is 13.4. The number of aryl methyl sites for hydroxylation is 1. The number of carboxylic acids is 2. The third kappa shape index (κ3) is 13.4. The van der Waals surface area contributed by atoms with Crippen molar-refractivity contribution in [1.82, 2.24) is 9.78 Å². The average molecular weight is 894 g/mol. The summed E-state index contributed by atoms with van der Waals surface area (Å²) >= 11 is 12.0. The maximum Gasteiger partial charge on any atom is 3.00 e. The van der Waals surface area contributed by atoms with E-state index in [9.17, 15) is 42.7 Å². The van der Waals surface area contributed by atoms with Crippen LogP contribution in [0.1, 0.15) is 32.0 Å². The Morgan fingerprint density at radius 1 is 0.763 bits per heavy atom. The second-order valence-electron chi connectivity index (χ2n) is 11.2. The van der Waals surface area contributed by atoms with E-state index in [2.05, 4.69) is 30.5 Å². The number of carbonyl (C=O) groups is 2. The first-order valence-electron chi connectivity index (χ1n) is 15.7. The summed E-state index contributed by atoms with van der Waals surface area (Å²) < 4.78 is 34.3. The zero-order valence-corrected chi connectivity index (χ0v) is 36.5. The number of halogens is 2. The molecule has 22 heteroatoms. The number of carboxylic acid groups (broad SMARTS) is 2. The molecule has 287 valence electrons. The quantitative estimate of drug-likeness (QED) is 0.0729. The molecule has 0 saturated carbocycles. The van der Waals surface area contributed by atoms with E-state index in [0.717, 1.165) is 16.8 Å². The van der Waals surface area contributed by atoms with Gasteiger partial charge in [0, 0.05) is 28.1 Å². The van der Waals surface area contributed by atoms with Crippen molar-refractivity contribution < 1.29 is 104 Å². The molecule has 0 aliphatic carbocycles. The Kier molecular flexibility index (Phi) is 19.4. The van der Waals surface area contributed by atoms with Crippen molar-refractivity contribution in [3.05, 3.63) is 152 Å². The number of hydrogen-bond donors (Lipinski definition) is 0. The van der Waals surface area contributed by atoms with E-state index < -0.39 is 38.1 Å². The Morgan fingerprint density at radius 2 is 1.41 bits per heavy atom. The summed E-state index contributed by atoms with van der Waals surface area (Å²) in [5.41, 5.74) is 0.265. The number of nitrogens with zero attached hydrogens (tertiary/aromatic N) is 7. The maximum absolute atomic E-state index is 12.5. The fraction of sp³-hybridized carbons (Fsp3) is 0.0270. The fourth-order valence-electron chi connectivity index (χ4n) is 4.65. The largest absolute Gasteiger partial charge is 3.00 e. The molecule has 1 aromatic heterocycles. The van der Waals surface area contributed by atoms with Gasteiger partial charge in [0.05, 0.1) is 38.9 Å². The summed E-state index contributed by atoms with van der Waals surface area (Å²) in [6.45, 7) is 1.53. The van der Waals surface area contributed by atoms with E-state index in [1.807, 2.05) is 0 Å². The van der Waals surface area contributed by atoms with Gasteiger partial charge in [-0.25, -0.2) is 8.42 Å². The third-order valence-electron chi connectivity index (χ3n) is 7.36. The third-order valence-corrected chi connectivity index (χ3v) is 8.75. The molecule has 0 fully saturated rings. The fourth-order valence-corrected chi connectivity index (χ4v) is 5.47. The van der Waals surface area contributed by atoms with Crippen molar-refractivity contribution in [2.75, 3.05) is 0 Å². The standard InChI is InChI=1S/C20H13Cl2N3O3.C17H14N4O6S.Cr.Li.Na/c21-13-5-7-16(22)18(10-13)25-24-14-6-8-19(26)12(9-14)11-23-17-4-2-1-3-15(17)20(27)28;1-10-15(16(22)21(20-10)11-5-3-2-4-6-11)19-18-14-8-7-12(28(25,26)27)9-13(14)17(23)24;;;/h1-11,26H,(H,27,28);2-9H,1H3,(H3,18,20,22,23,24,25,26,27);;;/q;;+3;2*+1/p-5. The number of aromatic nitrogens is 2. The van der Waals surface area contributed by atoms with Gasteiger partial charge < -0.3 is 39.2 Å². The van der Waals surface area contributed by atoms with Crippen molar-refractivity contribution in [3.63, 3.8) is 0 Å². The minimum absolute atomic E-state index is 0. The summed E-state index contributed by atoms with van der Waals surface area (Å²) in [6, 6.07) is 26.3. The van der Waals surface area contributed by atoms with Crippen LogP contribution in [-0.4, -0.2) is 35.8 Å². The number of azo groups is 2. The number of para-hydroxylation sites is 2. The number of hydrogen-bond acceptors (Lipinski definition) is 14. The van der Waals surface area contributed by atoms with Crippen LogP contribution in [0.4, 0.5) is 28.4 Å². The zero-order valence-electron chi connectivity index (χ0n) is 30.8. The molecular weight excluding hydrogens is 871 g/mol. The van der Waals surface area contributed by atoms with E-state index >= 15 is 0 Å². The van der Waals surface area contributed by atoms with Gasteiger partial charge in [0.15, 0.2) is 0 Å². The van der Waals surface area contributed by atoms with Crippen LogP contribution in [0.25, 0.3) is 5.69 Å². The predicted octanol–water partition coefficient (Wildman–Crippen LogP) is -0.612. The molecular formula is C37H22Cl2CrLiN7NaO9S. The Morgan fingerprint density at radius 3 is 2.07 bits per heavy atom. The number of aliphatic imine (C=N–C) groups is 1. The van der Waals surface area contributed by atoms with Gasteiger partial charge in [-0.3, -0.25) is 9.79 Å². The molecule has 0 bridgehead atoms. The summed E-state index contributed by atoms with van der Waals surface area (Å²) in [5.74, 6) is -3.40. The van der Waals surface area contributed by atoms with Crippen LogP contribution in [0, 0.1) is 6.92 Å². The van der Waals surface area contributed by atoms with E-state index in [1.165, 1.54) is 43.5 Å². The average Bonchev–Trinajstić information content (AvgIpc) is 3.46. The van der Waals surface area contributed by atoms with E-state index in [0.29, 0.717) is 33.2 Å². The van der Waals surface area contributed by atoms with Gasteiger partial charge >= 0.3 is 65.8 Å². The molecule has 59 heavy (non-hydrogen) atoms. The van der Waals surface area contributed by atoms with E-state index in [-0.39, 0.29) is 105 Å². The smallest absolute Gasteiger partial charge is 0.872 e. The first kappa shape index (κ1) is 50.5. The molecule has 16 nitrogen and oxygen atoms in total. The van der Waals surface area contributed by atoms with E-state index in [4.69, 9.17) is 23.2 Å². The number of aromatic carboxylic acids is 2. The molecule has 0 aliphatic rings. The van der Waals surface area contributed by atoms with Gasteiger partial charge in [-0.15, -0.1) is 21.0 Å². The molecule has 6 aromatic rings. The Balaban J connectivity index is 0.000000387. The molecule has 0 atom stereocenters. The normalized spacial score (nSPS) is 11.0. The number of benzene rings is 5. The molecule has 0 spiro atoms. The molecule has 0 aliphatic heterocycles. The van der Waals surface area contributed by atoms with Crippen LogP contribution >= 0.6 is 23.2 Å². The summed E-state index contributed by atoms with van der Waals surface area (Å²) in [5, 5.41) is 54.9. The minimum atomic E-state index is -4.86. The maximum atomic E-state index is 12.5. The van der Waals surface area contributed by atoms with Crippen LogP contribution in [0.2, 0.25) is 10.0 Å². The van der Waals surface area contributed by atoms with Crippen LogP contribution in [0.3, 0.4) is 0 Å². The van der Waals surface area contributed by atoms with Crippen molar-refractivity contribution >= 4 is 79.9 Å². The van der Waals surface area contributed by atoms with Crippen molar-refractivity contribution in [1.29, 1.82) is 0 Å². The molecule has 6 rings (SSSR count). The number of carbonyl (C=O) groups excluding carboxylic acids is 2. The summed E-state index contributed by atoms with van der Waals surface area (Å²) in [4.78, 5) is 38.2. The van der Waals surface area contributed by atoms with Crippen LogP contribution in [0.15, 0.2) is 144 Å². The van der Waals surface area contributed by atoms with Gasteiger partial charge in [-0.1, -0.05) is 78.3 Å². The number of rotatable bonds is 10. The van der Waals surface area contributed by atoms with Crippen molar-refractivity contribution in [2.45, 2.75) is 11.8 Å². The summed E-state index contributed by atoms with van der Waals surface area (Å²) in [6.07, 6.45) is 1.27. The van der Waals surface area contributed by atoms with Crippen LogP contribution in [0.5, 0.6) is 5.75 Å². The van der Waals surface area contributed by atoms with Crippen LogP contribution in [-0.2, 0) is 27.5 Å². The molecule has 0 N–H and O–H groups in total. The molecule has 5 aromatic carbocycles. The first-order chi connectivity index (χ1) is 26.6. The molecule has 1 radical (unpaired) electrons. The Hall–Kier alpha value is -4.66. The van der Waals surface area contributed by atoms with Gasteiger partial charge in [0.1, 0.15) is 21.5 Å². The van der Waals surface area contributed by atoms with Crippen LogP contribution < -0.4 is 74.4 Å². The predicted molar refractivity (Wildman–Crippen MR) is 198 cm³/mol. The van der Waals surface area contributed by atoms with Crippen molar-refractivity contribution in [2.24, 2.45) is 25.4 Å². The van der Waals surface area contributed by atoms with Gasteiger partial charge in [-0.2, -0.15) is 5.11 Å².